The van der Waals surface area contributed by atoms with Crippen LogP contribution in [0.25, 0.3) is 0 Å². The van der Waals surface area contributed by atoms with E-state index in [0.29, 0.717) is 6.61 Å². The van der Waals surface area contributed by atoms with Crippen molar-refractivity contribution in [2.24, 2.45) is 0 Å². The molecule has 18 heavy (non-hydrogen) atoms. The molecular weight excluding hydrogens is 230 g/mol. The number of hydrogen-bond donors (Lipinski definition) is 1. The smallest absolute Gasteiger partial charge is 0.159 e. The molecule has 1 aliphatic rings. The van der Waals surface area contributed by atoms with Gasteiger partial charge in [-0.3, -0.25) is 0 Å². The van der Waals surface area contributed by atoms with Gasteiger partial charge in [0.25, 0.3) is 0 Å². The summed E-state index contributed by atoms with van der Waals surface area (Å²) in [5, 5.41) is 3.29. The highest BCUT2D eigenvalue weighted by Gasteiger charge is 2.21. The highest BCUT2D eigenvalue weighted by atomic mass is 16.5. The van der Waals surface area contributed by atoms with Crippen molar-refractivity contribution < 1.29 is 9.47 Å². The first-order valence-electron chi connectivity index (χ1n) is 6.55. The van der Waals surface area contributed by atoms with Gasteiger partial charge < -0.3 is 14.8 Å². The van der Waals surface area contributed by atoms with Crippen molar-refractivity contribution in [3.63, 3.8) is 0 Å². The topological polar surface area (TPSA) is 56.3 Å². The largest absolute Gasteiger partial charge is 0.378 e. The Labute approximate surface area is 108 Å². The average Bonchev–Trinajstić information content (AvgIpc) is 2.90. The van der Waals surface area contributed by atoms with E-state index in [1.165, 1.54) is 0 Å². The molecule has 100 valence electrons. The molecule has 0 aliphatic carbocycles. The normalized spacial score (nSPS) is 19.1. The zero-order chi connectivity index (χ0) is 12.8. The van der Waals surface area contributed by atoms with Crippen LogP contribution >= 0.6 is 0 Å². The summed E-state index contributed by atoms with van der Waals surface area (Å²) >= 11 is 0. The molecule has 0 spiro atoms. The summed E-state index contributed by atoms with van der Waals surface area (Å²) in [6.45, 7) is 4.35. The summed E-state index contributed by atoms with van der Waals surface area (Å²) in [6.07, 6.45) is 3.20. The van der Waals surface area contributed by atoms with Crippen LogP contribution in [0.15, 0.2) is 6.07 Å². The van der Waals surface area contributed by atoms with E-state index in [1.54, 1.807) is 7.11 Å². The van der Waals surface area contributed by atoms with Crippen molar-refractivity contribution in [3.05, 3.63) is 17.6 Å². The predicted molar refractivity (Wildman–Crippen MR) is 69.5 cm³/mol. The Morgan fingerprint density at radius 2 is 2.39 bits per heavy atom. The number of rotatable bonds is 6. The fraction of sp³-hybridized carbons (Fsp3) is 0.692. The maximum absolute atomic E-state index is 5.64. The fourth-order valence-electron chi connectivity index (χ4n) is 2.01. The van der Waals surface area contributed by atoms with Crippen molar-refractivity contribution >= 4 is 5.82 Å². The molecule has 1 aliphatic heterocycles. The number of ether oxygens (including phenoxy) is 2. The molecule has 2 heterocycles. The van der Waals surface area contributed by atoms with Gasteiger partial charge in [-0.15, -0.1) is 0 Å². The van der Waals surface area contributed by atoms with Crippen molar-refractivity contribution in [1.82, 2.24) is 9.97 Å². The third-order valence-corrected chi connectivity index (χ3v) is 2.86. The van der Waals surface area contributed by atoms with Crippen LogP contribution < -0.4 is 5.32 Å². The van der Waals surface area contributed by atoms with Gasteiger partial charge in [-0.2, -0.15) is 0 Å². The molecule has 0 bridgehead atoms. The molecule has 1 N–H and O–H groups in total. The first-order valence-corrected chi connectivity index (χ1v) is 6.55. The van der Waals surface area contributed by atoms with Crippen molar-refractivity contribution in [1.29, 1.82) is 0 Å². The van der Waals surface area contributed by atoms with Gasteiger partial charge in [-0.05, 0) is 19.3 Å². The van der Waals surface area contributed by atoms with Crippen LogP contribution in [0.3, 0.4) is 0 Å². The minimum atomic E-state index is 0.0454. The summed E-state index contributed by atoms with van der Waals surface area (Å²) in [6, 6.07) is 1.94. The maximum Gasteiger partial charge on any atom is 0.159 e. The minimum Gasteiger partial charge on any atom is -0.378 e. The van der Waals surface area contributed by atoms with Gasteiger partial charge in [-0.25, -0.2) is 9.97 Å². The molecule has 1 fully saturated rings. The van der Waals surface area contributed by atoms with Crippen molar-refractivity contribution in [2.75, 3.05) is 25.6 Å². The van der Waals surface area contributed by atoms with Crippen LogP contribution in [0.4, 0.5) is 5.82 Å². The number of nitrogens with zero attached hydrogens (tertiary/aromatic N) is 2. The van der Waals surface area contributed by atoms with Crippen LogP contribution in [0.1, 0.15) is 43.8 Å². The second-order valence-corrected chi connectivity index (χ2v) is 4.46. The molecular formula is C13H21N3O2. The number of aromatic nitrogens is 2. The predicted octanol–water partition coefficient (Wildman–Crippen LogP) is 2.30. The molecule has 1 unspecified atom stereocenters. The van der Waals surface area contributed by atoms with Gasteiger partial charge in [0.15, 0.2) is 5.82 Å². The maximum atomic E-state index is 5.64. The quantitative estimate of drug-likeness (QED) is 0.840. The summed E-state index contributed by atoms with van der Waals surface area (Å²) in [4.78, 5) is 9.04. The van der Waals surface area contributed by atoms with E-state index in [0.717, 1.165) is 49.8 Å². The molecule has 0 saturated carbocycles. The molecule has 1 atom stereocenters. The number of methoxy groups -OCH3 is 1. The molecule has 1 saturated heterocycles. The number of hydrogen-bond acceptors (Lipinski definition) is 5. The lowest BCUT2D eigenvalue weighted by Gasteiger charge is -2.12. The lowest BCUT2D eigenvalue weighted by atomic mass is 10.2. The Hall–Kier alpha value is -1.20. The first-order chi connectivity index (χ1) is 8.83. The Morgan fingerprint density at radius 1 is 1.50 bits per heavy atom. The molecule has 5 heteroatoms. The van der Waals surface area contributed by atoms with Crippen molar-refractivity contribution in [2.45, 2.75) is 38.9 Å². The molecule has 5 nitrogen and oxygen atoms in total. The Morgan fingerprint density at radius 3 is 3.06 bits per heavy atom. The monoisotopic (exact) mass is 251 g/mol. The number of anilines is 1. The van der Waals surface area contributed by atoms with E-state index in [1.807, 2.05) is 6.07 Å². The van der Waals surface area contributed by atoms with Crippen LogP contribution in [0.5, 0.6) is 0 Å². The Kier molecular flexibility index (Phi) is 4.90. The second kappa shape index (κ2) is 6.66. The Bertz CT molecular complexity index is 378. The van der Waals surface area contributed by atoms with Gasteiger partial charge in [0.1, 0.15) is 11.9 Å². The Balaban J connectivity index is 2.17. The van der Waals surface area contributed by atoms with E-state index >= 15 is 0 Å². The van der Waals surface area contributed by atoms with Gasteiger partial charge in [-0.1, -0.05) is 6.92 Å². The summed E-state index contributed by atoms with van der Waals surface area (Å²) in [5.74, 6) is 1.64. The average molecular weight is 251 g/mol. The fourth-order valence-corrected chi connectivity index (χ4v) is 2.01. The third kappa shape index (κ3) is 3.40. The highest BCUT2D eigenvalue weighted by molar-refractivity contribution is 5.36. The highest BCUT2D eigenvalue weighted by Crippen LogP contribution is 2.27. The summed E-state index contributed by atoms with van der Waals surface area (Å²) in [7, 11) is 1.67. The second-order valence-electron chi connectivity index (χ2n) is 4.46. The lowest BCUT2D eigenvalue weighted by molar-refractivity contribution is 0.104. The van der Waals surface area contributed by atoms with Crippen LogP contribution in [0, 0.1) is 0 Å². The van der Waals surface area contributed by atoms with Gasteiger partial charge >= 0.3 is 0 Å². The van der Waals surface area contributed by atoms with Gasteiger partial charge in [0, 0.05) is 26.3 Å². The molecule has 1 aromatic heterocycles. The molecule has 1 aromatic rings. The van der Waals surface area contributed by atoms with E-state index in [4.69, 9.17) is 9.47 Å². The zero-order valence-corrected chi connectivity index (χ0v) is 11.1. The van der Waals surface area contributed by atoms with Gasteiger partial charge in [0.05, 0.1) is 12.3 Å². The number of nitrogens with one attached hydrogen (secondary N) is 1. The summed E-state index contributed by atoms with van der Waals surface area (Å²) in [5.41, 5.74) is 0.900. The molecule has 0 radical (unpaired) electrons. The van der Waals surface area contributed by atoms with E-state index in [2.05, 4.69) is 22.2 Å². The van der Waals surface area contributed by atoms with E-state index < -0.39 is 0 Å². The third-order valence-electron chi connectivity index (χ3n) is 2.86. The summed E-state index contributed by atoms with van der Waals surface area (Å²) < 4.78 is 10.8. The SMILES string of the molecule is CCCNc1cc(COC)nc(C2CCCO2)n1. The van der Waals surface area contributed by atoms with E-state index in [-0.39, 0.29) is 6.10 Å². The van der Waals surface area contributed by atoms with Crippen LogP contribution in [-0.4, -0.2) is 30.2 Å². The van der Waals surface area contributed by atoms with Crippen LogP contribution in [0.2, 0.25) is 0 Å². The standard InChI is InChI=1S/C13H21N3O2/c1-3-6-14-12-8-10(9-17-2)15-13(16-12)11-5-4-7-18-11/h8,11H,3-7,9H2,1-2H3,(H,14,15,16). The molecule has 2 rings (SSSR count). The lowest BCUT2D eigenvalue weighted by Crippen LogP contribution is -2.10. The van der Waals surface area contributed by atoms with Crippen molar-refractivity contribution in [3.8, 4) is 0 Å². The zero-order valence-electron chi connectivity index (χ0n) is 11.1. The minimum absolute atomic E-state index is 0.0454. The molecule has 0 aromatic carbocycles. The first kappa shape index (κ1) is 13.2. The van der Waals surface area contributed by atoms with Gasteiger partial charge in [0.2, 0.25) is 0 Å². The van der Waals surface area contributed by atoms with E-state index in [9.17, 15) is 0 Å². The molecule has 0 amide bonds. The van der Waals surface area contributed by atoms with Crippen LogP contribution in [-0.2, 0) is 16.1 Å².